The topological polar surface area (TPSA) is 105 Å². The molecule has 0 aromatic heterocycles. The smallest absolute Gasteiger partial charge is 0.244 e. The van der Waals surface area contributed by atoms with Crippen molar-refractivity contribution in [3.63, 3.8) is 0 Å². The molecular weight excluding hydrogens is 554 g/mol. The fourth-order valence-corrected chi connectivity index (χ4v) is 5.42. The van der Waals surface area contributed by atoms with E-state index in [9.17, 15) is 18.0 Å². The van der Waals surface area contributed by atoms with Crippen LogP contribution in [0.2, 0.25) is 0 Å². The minimum atomic E-state index is -3.91. The van der Waals surface area contributed by atoms with E-state index in [1.807, 2.05) is 49.4 Å². The van der Waals surface area contributed by atoms with Crippen LogP contribution in [0.3, 0.4) is 0 Å². The number of nitrogens with one attached hydrogen (secondary N) is 1. The highest BCUT2D eigenvalue weighted by atomic mass is 32.2. The average molecular weight is 596 g/mol. The molecule has 0 fully saturated rings. The van der Waals surface area contributed by atoms with Gasteiger partial charge in [0.25, 0.3) is 0 Å². The van der Waals surface area contributed by atoms with Crippen molar-refractivity contribution >= 4 is 27.5 Å². The predicted molar refractivity (Wildman–Crippen MR) is 165 cm³/mol. The molecule has 0 spiro atoms. The summed E-state index contributed by atoms with van der Waals surface area (Å²) in [5, 5.41) is 2.98. The van der Waals surface area contributed by atoms with Crippen molar-refractivity contribution in [2.24, 2.45) is 0 Å². The van der Waals surface area contributed by atoms with Crippen LogP contribution in [0.25, 0.3) is 0 Å². The number of rotatable bonds is 16. The normalized spacial score (nSPS) is 11.8. The van der Waals surface area contributed by atoms with Crippen LogP contribution in [0.15, 0.2) is 78.9 Å². The number of methoxy groups -OCH3 is 1. The first-order valence-corrected chi connectivity index (χ1v) is 16.0. The van der Waals surface area contributed by atoms with Crippen molar-refractivity contribution in [3.05, 3.63) is 90.0 Å². The molecule has 0 saturated heterocycles. The molecule has 42 heavy (non-hydrogen) atoms. The quantitative estimate of drug-likeness (QED) is 0.246. The minimum absolute atomic E-state index is 0.0689. The highest BCUT2D eigenvalue weighted by Crippen LogP contribution is 2.30. The van der Waals surface area contributed by atoms with E-state index in [0.717, 1.165) is 34.5 Å². The van der Waals surface area contributed by atoms with Gasteiger partial charge in [-0.1, -0.05) is 67.9 Å². The molecule has 0 saturated carbocycles. The van der Waals surface area contributed by atoms with E-state index in [1.54, 1.807) is 50.4 Å². The lowest BCUT2D eigenvalue weighted by Gasteiger charge is -2.33. The first kappa shape index (κ1) is 32.5. The van der Waals surface area contributed by atoms with Crippen molar-refractivity contribution in [3.8, 4) is 11.5 Å². The minimum Gasteiger partial charge on any atom is -0.497 e. The Morgan fingerprint density at radius 3 is 2.29 bits per heavy atom. The van der Waals surface area contributed by atoms with E-state index >= 15 is 0 Å². The summed E-state index contributed by atoms with van der Waals surface area (Å²) in [5.74, 6) is 0.122. The summed E-state index contributed by atoms with van der Waals surface area (Å²) in [4.78, 5) is 29.4. The zero-order valence-corrected chi connectivity index (χ0v) is 25.6. The molecule has 2 amide bonds. The van der Waals surface area contributed by atoms with Gasteiger partial charge in [0.05, 0.1) is 25.7 Å². The van der Waals surface area contributed by atoms with Crippen LogP contribution >= 0.6 is 0 Å². The van der Waals surface area contributed by atoms with E-state index in [2.05, 4.69) is 5.32 Å². The second kappa shape index (κ2) is 15.8. The lowest BCUT2D eigenvalue weighted by Crippen LogP contribution is -2.53. The number of para-hydroxylation sites is 2. The van der Waals surface area contributed by atoms with Gasteiger partial charge in [0, 0.05) is 19.5 Å². The van der Waals surface area contributed by atoms with Gasteiger partial charge in [0.1, 0.15) is 24.1 Å². The number of nitrogens with zero attached hydrogens (tertiary/aromatic N) is 2. The third-order valence-electron chi connectivity index (χ3n) is 6.70. The van der Waals surface area contributed by atoms with Crippen molar-refractivity contribution in [1.29, 1.82) is 0 Å². The van der Waals surface area contributed by atoms with Crippen LogP contribution in [0.5, 0.6) is 11.5 Å². The second-order valence-corrected chi connectivity index (χ2v) is 11.8. The van der Waals surface area contributed by atoms with Crippen molar-refractivity contribution in [1.82, 2.24) is 10.2 Å². The molecule has 3 rings (SSSR count). The highest BCUT2D eigenvalue weighted by molar-refractivity contribution is 7.92. The molecule has 1 atom stereocenters. The zero-order chi connectivity index (χ0) is 30.5. The predicted octanol–water partition coefficient (Wildman–Crippen LogP) is 4.42. The van der Waals surface area contributed by atoms with E-state index in [1.165, 1.54) is 4.90 Å². The van der Waals surface area contributed by atoms with Crippen LogP contribution in [-0.2, 0) is 32.6 Å². The number of anilines is 1. The molecule has 10 heteroatoms. The van der Waals surface area contributed by atoms with Gasteiger partial charge in [-0.25, -0.2) is 8.42 Å². The number of carbonyl (C=O) groups excluding carboxylic acids is 2. The lowest BCUT2D eigenvalue weighted by molar-refractivity contribution is -0.140. The molecule has 0 unspecified atom stereocenters. The Morgan fingerprint density at radius 2 is 1.62 bits per heavy atom. The summed E-state index contributed by atoms with van der Waals surface area (Å²) < 4.78 is 38.2. The van der Waals surface area contributed by atoms with Crippen LogP contribution < -0.4 is 19.1 Å². The Kier molecular flexibility index (Phi) is 12.2. The first-order valence-electron chi connectivity index (χ1n) is 14.1. The van der Waals surface area contributed by atoms with E-state index < -0.39 is 28.5 Å². The van der Waals surface area contributed by atoms with Gasteiger partial charge in [-0.15, -0.1) is 0 Å². The maximum absolute atomic E-state index is 14.2. The number of amides is 2. The molecule has 226 valence electrons. The summed E-state index contributed by atoms with van der Waals surface area (Å²) in [6.07, 6.45) is 3.00. The zero-order valence-electron chi connectivity index (χ0n) is 24.8. The van der Waals surface area contributed by atoms with Crippen LogP contribution in [-0.4, -0.2) is 64.2 Å². The van der Waals surface area contributed by atoms with Gasteiger partial charge >= 0.3 is 0 Å². The molecule has 0 heterocycles. The monoisotopic (exact) mass is 595 g/mol. The summed E-state index contributed by atoms with van der Waals surface area (Å²) >= 11 is 0. The SMILES string of the molecule is CCCCNC(=O)[C@H](Cc1ccccc1)N(Cc1cccc(OC)c1)C(=O)CN(c1ccccc1OCC)S(C)(=O)=O. The summed E-state index contributed by atoms with van der Waals surface area (Å²) in [6, 6.07) is 22.5. The van der Waals surface area contributed by atoms with Gasteiger partial charge < -0.3 is 19.7 Å². The number of unbranched alkanes of at least 4 members (excludes halogenated alkanes) is 1. The molecule has 9 nitrogen and oxygen atoms in total. The number of ether oxygens (including phenoxy) is 2. The number of sulfonamides is 1. The Balaban J connectivity index is 2.07. The fraction of sp³-hybridized carbons (Fsp3) is 0.375. The third-order valence-corrected chi connectivity index (χ3v) is 7.83. The van der Waals surface area contributed by atoms with E-state index in [0.29, 0.717) is 24.7 Å². The van der Waals surface area contributed by atoms with E-state index in [4.69, 9.17) is 9.47 Å². The number of hydrogen-bond donors (Lipinski definition) is 1. The number of hydrogen-bond acceptors (Lipinski definition) is 6. The second-order valence-electron chi connectivity index (χ2n) is 9.89. The van der Waals surface area contributed by atoms with Gasteiger partial charge in [0.15, 0.2) is 0 Å². The standard InChI is InChI=1S/C32H41N3O6S/c1-5-7-20-33-32(37)29(22-25-14-9-8-10-15-25)34(23-26-16-13-17-27(21-26)40-3)31(36)24-35(42(4,38)39)28-18-11-12-19-30(28)41-6-2/h8-19,21,29H,5-7,20,22-24H2,1-4H3,(H,33,37)/t29-/m0/s1. The summed E-state index contributed by atoms with van der Waals surface area (Å²) in [6.45, 7) is 4.18. The highest BCUT2D eigenvalue weighted by Gasteiger charge is 2.33. The maximum atomic E-state index is 14.2. The average Bonchev–Trinajstić information content (AvgIpc) is 2.98. The molecule has 3 aromatic carbocycles. The Hall–Kier alpha value is -4.05. The van der Waals surface area contributed by atoms with E-state index in [-0.39, 0.29) is 24.6 Å². The fourth-order valence-electron chi connectivity index (χ4n) is 4.56. The number of benzene rings is 3. The molecule has 0 radical (unpaired) electrons. The summed E-state index contributed by atoms with van der Waals surface area (Å²) in [7, 11) is -2.35. The van der Waals surface area contributed by atoms with Crippen molar-refractivity contribution in [2.45, 2.75) is 45.7 Å². The van der Waals surface area contributed by atoms with Gasteiger partial charge in [-0.2, -0.15) is 0 Å². The number of carbonyl (C=O) groups is 2. The molecule has 0 aliphatic carbocycles. The van der Waals surface area contributed by atoms with Crippen molar-refractivity contribution < 1.29 is 27.5 Å². The Labute approximate surface area is 249 Å². The molecule has 3 aromatic rings. The molecule has 0 aliphatic rings. The van der Waals surface area contributed by atoms with Gasteiger partial charge in [-0.05, 0) is 48.7 Å². The van der Waals surface area contributed by atoms with Gasteiger partial charge in [-0.3, -0.25) is 13.9 Å². The third kappa shape index (κ3) is 9.24. The first-order chi connectivity index (χ1) is 20.2. The lowest BCUT2D eigenvalue weighted by atomic mass is 10.0. The van der Waals surface area contributed by atoms with Crippen LogP contribution in [0.4, 0.5) is 5.69 Å². The molecule has 1 N–H and O–H groups in total. The Morgan fingerprint density at radius 1 is 0.929 bits per heavy atom. The Bertz CT molecular complexity index is 1410. The molecule has 0 bridgehead atoms. The molecular formula is C32H41N3O6S. The maximum Gasteiger partial charge on any atom is 0.244 e. The largest absolute Gasteiger partial charge is 0.497 e. The van der Waals surface area contributed by atoms with Crippen LogP contribution in [0.1, 0.15) is 37.8 Å². The van der Waals surface area contributed by atoms with Gasteiger partial charge in [0.2, 0.25) is 21.8 Å². The van der Waals surface area contributed by atoms with Crippen LogP contribution in [0, 0.1) is 0 Å². The molecule has 0 aliphatic heterocycles. The summed E-state index contributed by atoms with van der Waals surface area (Å²) in [5.41, 5.74) is 1.87. The van der Waals surface area contributed by atoms with Crippen molar-refractivity contribution in [2.75, 3.05) is 37.4 Å².